The molecular formula is C33H40FN3O4S. The molecule has 0 bridgehead atoms. The second-order valence-corrected chi connectivity index (χ2v) is 13.0. The molecule has 0 aliphatic heterocycles. The quantitative estimate of drug-likeness (QED) is 0.321. The Morgan fingerprint density at radius 2 is 1.60 bits per heavy atom. The van der Waals surface area contributed by atoms with Crippen molar-refractivity contribution in [3.63, 3.8) is 0 Å². The molecule has 3 aromatic rings. The zero-order chi connectivity index (χ0) is 30.4. The van der Waals surface area contributed by atoms with Crippen molar-refractivity contribution in [2.75, 3.05) is 10.8 Å². The lowest BCUT2D eigenvalue weighted by Crippen LogP contribution is -2.53. The first-order chi connectivity index (χ1) is 20.0. The maximum Gasteiger partial charge on any atom is 0.264 e. The van der Waals surface area contributed by atoms with Crippen LogP contribution in [-0.4, -0.2) is 43.8 Å². The molecule has 1 aliphatic carbocycles. The molecule has 0 spiro atoms. The fraction of sp³-hybridized carbons (Fsp3) is 0.394. The van der Waals surface area contributed by atoms with Crippen molar-refractivity contribution in [3.8, 4) is 0 Å². The molecule has 1 atom stereocenters. The van der Waals surface area contributed by atoms with Gasteiger partial charge in [0.2, 0.25) is 11.8 Å². The molecule has 1 N–H and O–H groups in total. The van der Waals surface area contributed by atoms with E-state index in [9.17, 15) is 22.4 Å². The van der Waals surface area contributed by atoms with Gasteiger partial charge in [-0.3, -0.25) is 13.9 Å². The predicted octanol–water partition coefficient (Wildman–Crippen LogP) is 5.81. The van der Waals surface area contributed by atoms with E-state index in [0.717, 1.165) is 47.5 Å². The van der Waals surface area contributed by atoms with Crippen molar-refractivity contribution in [3.05, 3.63) is 94.8 Å². The number of amides is 2. The number of hydrogen-bond acceptors (Lipinski definition) is 4. The van der Waals surface area contributed by atoms with Gasteiger partial charge in [-0.15, -0.1) is 0 Å². The van der Waals surface area contributed by atoms with Gasteiger partial charge in [-0.2, -0.15) is 0 Å². The molecule has 2 amide bonds. The van der Waals surface area contributed by atoms with Gasteiger partial charge in [0.25, 0.3) is 10.0 Å². The highest BCUT2D eigenvalue weighted by molar-refractivity contribution is 7.92. The van der Waals surface area contributed by atoms with Gasteiger partial charge in [0.05, 0.1) is 10.6 Å². The first-order valence-electron chi connectivity index (χ1n) is 14.5. The predicted molar refractivity (Wildman–Crippen MR) is 163 cm³/mol. The van der Waals surface area contributed by atoms with Crippen LogP contribution in [0.2, 0.25) is 0 Å². The second kappa shape index (κ2) is 13.5. The number of halogens is 1. The third-order valence-electron chi connectivity index (χ3n) is 8.15. The van der Waals surface area contributed by atoms with Gasteiger partial charge in [0.15, 0.2) is 0 Å². The summed E-state index contributed by atoms with van der Waals surface area (Å²) in [6, 6.07) is 16.9. The fourth-order valence-corrected chi connectivity index (χ4v) is 6.79. The van der Waals surface area contributed by atoms with Crippen molar-refractivity contribution < 1.29 is 22.4 Å². The highest BCUT2D eigenvalue weighted by Gasteiger charge is 2.34. The van der Waals surface area contributed by atoms with Crippen molar-refractivity contribution >= 4 is 27.5 Å². The minimum absolute atomic E-state index is 0.0208. The number of carbonyl (C=O) groups is 2. The number of nitrogens with zero attached hydrogens (tertiary/aromatic N) is 2. The van der Waals surface area contributed by atoms with Gasteiger partial charge < -0.3 is 10.2 Å². The molecule has 224 valence electrons. The average molecular weight is 594 g/mol. The summed E-state index contributed by atoms with van der Waals surface area (Å²) in [5, 5.41) is 3.06. The van der Waals surface area contributed by atoms with E-state index in [1.165, 1.54) is 23.1 Å². The molecule has 0 heterocycles. The van der Waals surface area contributed by atoms with E-state index in [1.807, 2.05) is 26.8 Å². The molecule has 9 heteroatoms. The summed E-state index contributed by atoms with van der Waals surface area (Å²) in [6.45, 7) is 6.41. The normalized spacial score (nSPS) is 14.7. The largest absolute Gasteiger partial charge is 0.352 e. The Kier molecular flexibility index (Phi) is 10.0. The summed E-state index contributed by atoms with van der Waals surface area (Å²) in [7, 11) is -4.18. The molecular weight excluding hydrogens is 553 g/mol. The Hall–Kier alpha value is -3.72. The van der Waals surface area contributed by atoms with E-state index in [2.05, 4.69) is 5.32 Å². The van der Waals surface area contributed by atoms with E-state index in [-0.39, 0.29) is 29.0 Å². The Morgan fingerprint density at radius 1 is 0.929 bits per heavy atom. The summed E-state index contributed by atoms with van der Waals surface area (Å²) in [5.74, 6) is -1.46. The number of anilines is 1. The summed E-state index contributed by atoms with van der Waals surface area (Å²) in [6.07, 6.45) is 4.92. The van der Waals surface area contributed by atoms with Crippen LogP contribution < -0.4 is 9.62 Å². The van der Waals surface area contributed by atoms with Gasteiger partial charge in [-0.25, -0.2) is 12.8 Å². The molecule has 42 heavy (non-hydrogen) atoms. The second-order valence-electron chi connectivity index (χ2n) is 11.2. The molecule has 1 aliphatic rings. The smallest absolute Gasteiger partial charge is 0.264 e. The number of sulfonamides is 1. The van der Waals surface area contributed by atoms with Crippen LogP contribution in [0.25, 0.3) is 0 Å². The van der Waals surface area contributed by atoms with Gasteiger partial charge in [0.1, 0.15) is 18.4 Å². The summed E-state index contributed by atoms with van der Waals surface area (Å²) >= 11 is 0. The zero-order valence-electron chi connectivity index (χ0n) is 24.8. The van der Waals surface area contributed by atoms with E-state index >= 15 is 0 Å². The van der Waals surface area contributed by atoms with Crippen molar-refractivity contribution in [2.24, 2.45) is 0 Å². The molecule has 0 aromatic heterocycles. The van der Waals surface area contributed by atoms with Crippen LogP contribution in [0.15, 0.2) is 71.6 Å². The maximum absolute atomic E-state index is 14.8. The van der Waals surface area contributed by atoms with Crippen LogP contribution in [0.4, 0.5) is 10.1 Å². The van der Waals surface area contributed by atoms with E-state index < -0.39 is 34.3 Å². The topological polar surface area (TPSA) is 86.8 Å². The Labute approximate surface area is 248 Å². The Balaban J connectivity index is 1.72. The molecule has 0 saturated heterocycles. The fourth-order valence-electron chi connectivity index (χ4n) is 5.32. The third kappa shape index (κ3) is 7.18. The standard InChI is InChI=1S/C33H40FN3O4S/c1-23-17-19-29(20-18-23)42(40,41)37(31-16-10-11-24(2)25(31)3)22-32(38)36(21-27-12-8-9-15-30(27)34)26(4)33(39)35-28-13-6-5-7-14-28/h8-12,15-20,26,28H,5-7,13-14,21-22H2,1-4H3,(H,35,39)/t26-/m0/s1. The Morgan fingerprint density at radius 3 is 2.26 bits per heavy atom. The number of rotatable bonds is 10. The summed E-state index contributed by atoms with van der Waals surface area (Å²) in [4.78, 5) is 28.9. The van der Waals surface area contributed by atoms with Crippen LogP contribution in [0.3, 0.4) is 0 Å². The lowest BCUT2D eigenvalue weighted by Gasteiger charge is -2.33. The van der Waals surface area contributed by atoms with Crippen molar-refractivity contribution in [1.29, 1.82) is 0 Å². The van der Waals surface area contributed by atoms with Crippen LogP contribution >= 0.6 is 0 Å². The van der Waals surface area contributed by atoms with Crippen LogP contribution in [0, 0.1) is 26.6 Å². The van der Waals surface area contributed by atoms with Crippen LogP contribution in [0.1, 0.15) is 61.3 Å². The van der Waals surface area contributed by atoms with E-state index in [4.69, 9.17) is 0 Å². The minimum atomic E-state index is -4.18. The number of hydrogen-bond donors (Lipinski definition) is 1. The number of benzene rings is 3. The SMILES string of the molecule is Cc1ccc(S(=O)(=O)N(CC(=O)N(Cc2ccccc2F)[C@@H](C)C(=O)NC2CCCCC2)c2cccc(C)c2C)cc1. The molecule has 7 nitrogen and oxygen atoms in total. The number of aryl methyl sites for hydroxylation is 2. The third-order valence-corrected chi connectivity index (χ3v) is 9.92. The van der Waals surface area contributed by atoms with Gasteiger partial charge in [-0.05, 0) is 75.9 Å². The van der Waals surface area contributed by atoms with Crippen molar-refractivity contribution in [1.82, 2.24) is 10.2 Å². The lowest BCUT2D eigenvalue weighted by molar-refractivity contribution is -0.139. The monoisotopic (exact) mass is 593 g/mol. The Bertz CT molecular complexity index is 1520. The minimum Gasteiger partial charge on any atom is -0.352 e. The van der Waals surface area contributed by atoms with E-state index in [1.54, 1.807) is 49.4 Å². The summed E-state index contributed by atoms with van der Waals surface area (Å²) in [5.41, 5.74) is 3.09. The number of nitrogens with one attached hydrogen (secondary N) is 1. The van der Waals surface area contributed by atoms with Gasteiger partial charge in [0, 0.05) is 18.2 Å². The van der Waals surface area contributed by atoms with Crippen LogP contribution in [-0.2, 0) is 26.2 Å². The average Bonchev–Trinajstić information content (AvgIpc) is 2.97. The first kappa shape index (κ1) is 31.2. The van der Waals surface area contributed by atoms with Gasteiger partial charge in [-0.1, -0.05) is 67.3 Å². The molecule has 0 unspecified atom stereocenters. The highest BCUT2D eigenvalue weighted by atomic mass is 32.2. The first-order valence-corrected chi connectivity index (χ1v) is 15.9. The zero-order valence-corrected chi connectivity index (χ0v) is 25.6. The summed E-state index contributed by atoms with van der Waals surface area (Å²) < 4.78 is 44.0. The van der Waals surface area contributed by atoms with E-state index in [0.29, 0.717) is 11.3 Å². The number of carbonyl (C=O) groups excluding carboxylic acids is 2. The molecule has 1 fully saturated rings. The molecule has 0 radical (unpaired) electrons. The highest BCUT2D eigenvalue weighted by Crippen LogP contribution is 2.29. The lowest BCUT2D eigenvalue weighted by atomic mass is 9.95. The maximum atomic E-state index is 14.8. The molecule has 1 saturated carbocycles. The van der Waals surface area contributed by atoms with Crippen LogP contribution in [0.5, 0.6) is 0 Å². The van der Waals surface area contributed by atoms with Crippen molar-refractivity contribution in [2.45, 2.75) is 83.3 Å². The molecule has 4 rings (SSSR count). The molecule has 3 aromatic carbocycles. The van der Waals surface area contributed by atoms with Gasteiger partial charge >= 0.3 is 0 Å².